The number of hydrogen-bond donors (Lipinski definition) is 12. The molecule has 0 heterocycles. The van der Waals surface area contributed by atoms with Crippen molar-refractivity contribution in [3.8, 4) is 0 Å². The van der Waals surface area contributed by atoms with Gasteiger partial charge in [0.2, 0.25) is 0 Å². The molecular weight excluding hydrogens is 702 g/mol. The van der Waals surface area contributed by atoms with E-state index in [4.69, 9.17) is 34.4 Å². The molecule has 0 aromatic heterocycles. The van der Waals surface area contributed by atoms with Crippen molar-refractivity contribution in [1.29, 1.82) is 0 Å². The quantitative estimate of drug-likeness (QED) is 0.0190. The standard InChI is InChI=1S/C30H52N12O2.4ClH/c1-20-11-13-30(4,12-9-10-21(2)24(43)41-28(35)39-16-7-5-14-37-26(31)32)23(18-20)19-22(3)25(44)42-29(36)40-17-8-6-15-38-27(33)34;;;;/h9-10,12,18-19,23H,5-8,11,13-17H2,1-4H3,(H4,31,32,37)(H4,33,34,38)(H3,35,39,41,43)(H3,36,40,42,44);4*1H/b12-9+,21-10+,22-19+;;;;/t23-,30-;;;;/m0..../s1. The van der Waals surface area contributed by atoms with E-state index in [-0.39, 0.29) is 96.6 Å². The number of carbonyl (C=O) groups excluding carboxylic acids is 2. The van der Waals surface area contributed by atoms with Crippen molar-refractivity contribution in [2.45, 2.75) is 66.2 Å². The molecular formula is C30H56Cl4N12O2. The zero-order valence-corrected chi connectivity index (χ0v) is 31.4. The van der Waals surface area contributed by atoms with Crippen LogP contribution in [0.5, 0.6) is 0 Å². The monoisotopic (exact) mass is 756 g/mol. The topological polar surface area (TPSA) is 270 Å². The van der Waals surface area contributed by atoms with Gasteiger partial charge in [-0.2, -0.15) is 0 Å². The molecule has 18 N–H and O–H groups in total. The van der Waals surface area contributed by atoms with Crippen LogP contribution in [0.25, 0.3) is 0 Å². The number of allylic oxidation sites excluding steroid dienone is 6. The fraction of sp³-hybridized carbons (Fsp3) is 0.533. The average molecular weight is 759 g/mol. The minimum absolute atomic E-state index is 0. The predicted molar refractivity (Wildman–Crippen MR) is 174 cm³/mol. The van der Waals surface area contributed by atoms with Crippen molar-refractivity contribution in [3.63, 3.8) is 0 Å². The molecule has 2 atom stereocenters. The molecule has 0 aliphatic heterocycles. The van der Waals surface area contributed by atoms with Gasteiger partial charge >= 0.3 is 35.7 Å². The third kappa shape index (κ3) is 22.2. The first kappa shape index (κ1) is 51.4. The summed E-state index contributed by atoms with van der Waals surface area (Å²) in [6.07, 6.45) is 15.1. The van der Waals surface area contributed by atoms with Gasteiger partial charge in [0, 0.05) is 17.1 Å². The summed E-state index contributed by atoms with van der Waals surface area (Å²) in [4.78, 5) is 37.1. The average Bonchev–Trinajstić information content (AvgIpc) is 2.94. The van der Waals surface area contributed by atoms with Crippen LogP contribution >= 0.6 is 0 Å². The first-order valence-corrected chi connectivity index (χ1v) is 15.0. The molecule has 0 unspecified atom stereocenters. The lowest BCUT2D eigenvalue weighted by Gasteiger charge is -2.36. The van der Waals surface area contributed by atoms with E-state index in [0.717, 1.165) is 38.5 Å². The fourth-order valence-corrected chi connectivity index (χ4v) is 4.42. The molecule has 1 aliphatic carbocycles. The van der Waals surface area contributed by atoms with Crippen LogP contribution in [0.3, 0.4) is 0 Å². The highest BCUT2D eigenvalue weighted by Gasteiger charge is 2.32. The number of unbranched alkanes of at least 4 members (excludes halogenated alkanes) is 2. The molecule has 0 saturated carbocycles. The van der Waals surface area contributed by atoms with E-state index in [0.29, 0.717) is 37.3 Å². The molecule has 0 bridgehead atoms. The number of halogens is 4. The van der Waals surface area contributed by atoms with Gasteiger partial charge in [-0.1, -0.05) is 42.9 Å². The van der Waals surface area contributed by atoms with Gasteiger partial charge in [0.05, 0.1) is 26.2 Å². The third-order valence-corrected chi connectivity index (χ3v) is 7.25. The number of nitrogens with two attached hydrogens (primary N) is 6. The van der Waals surface area contributed by atoms with Crippen molar-refractivity contribution in [1.82, 2.24) is 10.6 Å². The van der Waals surface area contributed by atoms with Crippen LogP contribution in [-0.4, -0.2) is 61.8 Å². The van der Waals surface area contributed by atoms with Crippen LogP contribution in [-0.2, 0) is 9.59 Å². The molecule has 48 heavy (non-hydrogen) atoms. The minimum Gasteiger partial charge on any atom is -1.00 e. The number of hydrogen-bond acceptors (Lipinski definition) is 2. The zero-order chi connectivity index (χ0) is 33.1. The normalized spacial score (nSPS) is 18.1. The Bertz CT molecular complexity index is 1240. The van der Waals surface area contributed by atoms with Gasteiger partial charge in [-0.05, 0) is 64.7 Å². The van der Waals surface area contributed by atoms with E-state index < -0.39 is 0 Å². The van der Waals surface area contributed by atoms with Gasteiger partial charge in [-0.15, -0.1) is 0 Å². The Morgan fingerprint density at radius 2 is 1.19 bits per heavy atom. The van der Waals surface area contributed by atoms with Crippen molar-refractivity contribution < 1.29 is 79.2 Å². The maximum Gasteiger partial charge on any atom is 0.348 e. The first-order chi connectivity index (χ1) is 20.7. The number of nitrogens with one attached hydrogen (secondary N) is 6. The zero-order valence-electron chi connectivity index (χ0n) is 28.3. The Balaban J connectivity index is -0.00000242. The molecule has 0 aromatic rings. The van der Waals surface area contributed by atoms with Crippen LogP contribution in [0.1, 0.15) is 66.2 Å². The smallest absolute Gasteiger partial charge is 0.348 e. The van der Waals surface area contributed by atoms with Crippen LogP contribution in [0.4, 0.5) is 0 Å². The molecule has 2 amide bonds. The van der Waals surface area contributed by atoms with E-state index in [2.05, 4.69) is 56.6 Å². The van der Waals surface area contributed by atoms with Crippen LogP contribution in [0.15, 0.2) is 47.1 Å². The van der Waals surface area contributed by atoms with Gasteiger partial charge in [0.15, 0.2) is 0 Å². The summed E-state index contributed by atoms with van der Waals surface area (Å²) in [6, 6.07) is 0. The number of carbonyl (C=O) groups is 2. The molecule has 14 nitrogen and oxygen atoms in total. The lowest BCUT2D eigenvalue weighted by molar-refractivity contribution is -0.473. The van der Waals surface area contributed by atoms with Gasteiger partial charge in [-0.25, -0.2) is 10.6 Å². The molecule has 0 radical (unpaired) electrons. The summed E-state index contributed by atoms with van der Waals surface area (Å²) in [5.74, 6) is 0.211. The van der Waals surface area contributed by atoms with Gasteiger partial charge in [0.25, 0.3) is 0 Å². The Morgan fingerprint density at radius 1 is 0.771 bits per heavy atom. The first-order valence-electron chi connectivity index (χ1n) is 15.0. The second-order valence-electron chi connectivity index (χ2n) is 11.4. The van der Waals surface area contributed by atoms with Crippen molar-refractivity contribution in [3.05, 3.63) is 47.1 Å². The second kappa shape index (κ2) is 27.5. The Morgan fingerprint density at radius 3 is 1.62 bits per heavy atom. The lowest BCUT2D eigenvalue weighted by Crippen LogP contribution is -3.00. The van der Waals surface area contributed by atoms with Crippen molar-refractivity contribution in [2.24, 2.45) is 45.7 Å². The summed E-state index contributed by atoms with van der Waals surface area (Å²) in [5.41, 5.74) is 35.5. The Hall–Kier alpha value is -3.46. The number of amides is 2. The molecule has 1 rings (SSSR count). The van der Waals surface area contributed by atoms with Gasteiger partial charge in [-0.3, -0.25) is 64.0 Å². The molecule has 0 fully saturated rings. The summed E-state index contributed by atoms with van der Waals surface area (Å²) in [6.45, 7) is 10.3. The maximum atomic E-state index is 12.8. The van der Waals surface area contributed by atoms with Crippen molar-refractivity contribution in [2.75, 3.05) is 26.2 Å². The van der Waals surface area contributed by atoms with Crippen LogP contribution < -0.4 is 115 Å². The van der Waals surface area contributed by atoms with Crippen molar-refractivity contribution >= 4 is 35.7 Å². The fourth-order valence-electron chi connectivity index (χ4n) is 4.42. The predicted octanol–water partition coefficient (Wildman–Crippen LogP) is -18.9. The summed E-state index contributed by atoms with van der Waals surface area (Å²) < 4.78 is 0. The lowest BCUT2D eigenvalue weighted by atomic mass is 9.68. The van der Waals surface area contributed by atoms with Crippen LogP contribution in [0, 0.1) is 11.3 Å². The largest absolute Gasteiger partial charge is 1.00 e. The van der Waals surface area contributed by atoms with E-state index in [1.807, 2.05) is 12.2 Å². The van der Waals surface area contributed by atoms with Gasteiger partial charge < -0.3 is 49.6 Å². The molecule has 1 aliphatic rings. The maximum absolute atomic E-state index is 12.8. The van der Waals surface area contributed by atoms with Gasteiger partial charge in [0.1, 0.15) is 0 Å². The van der Waals surface area contributed by atoms with Crippen LogP contribution in [0.2, 0.25) is 0 Å². The molecule has 0 saturated heterocycles. The highest BCUT2D eigenvalue weighted by atomic mass is 35.5. The molecule has 276 valence electrons. The SMILES string of the molecule is CC1=C[C@@H](/C=C(\C)C(=O)NC(N)=[NH+]CCCC[NH+]=C(N)N)[C@@](C)(/C=C/C=C(\C)C(=O)NC(N)=[NH+]CCCC[NH+]=C(N)N)CC1.[Cl-].[Cl-].[Cl-].[Cl-]. The minimum atomic E-state index is -0.293. The van der Waals surface area contributed by atoms with E-state index in [9.17, 15) is 9.59 Å². The van der Waals surface area contributed by atoms with E-state index in [1.165, 1.54) is 5.57 Å². The third-order valence-electron chi connectivity index (χ3n) is 7.25. The number of rotatable bonds is 15. The number of guanidine groups is 4. The molecule has 0 spiro atoms. The molecule has 0 aromatic carbocycles. The Labute approximate surface area is 309 Å². The summed E-state index contributed by atoms with van der Waals surface area (Å²) >= 11 is 0. The summed E-state index contributed by atoms with van der Waals surface area (Å²) in [5, 5.41) is 5.39. The highest BCUT2D eigenvalue weighted by molar-refractivity contribution is 6.03. The van der Waals surface area contributed by atoms with E-state index in [1.54, 1.807) is 19.9 Å². The highest BCUT2D eigenvalue weighted by Crippen LogP contribution is 2.42. The van der Waals surface area contributed by atoms with E-state index >= 15 is 0 Å². The molecule has 18 heteroatoms. The summed E-state index contributed by atoms with van der Waals surface area (Å²) in [7, 11) is 0. The Kier molecular flexibility index (Phi) is 29.4. The second-order valence-corrected chi connectivity index (χ2v) is 11.4.